The second-order valence-corrected chi connectivity index (χ2v) is 6.52. The Hall–Kier alpha value is -0.220. The SMILES string of the molecule is O=C(CC1CCSCC1)N1CCCC(CO)C1. The summed E-state index contributed by atoms with van der Waals surface area (Å²) in [5, 5.41) is 9.17. The molecule has 0 aromatic heterocycles. The maximum Gasteiger partial charge on any atom is 0.222 e. The predicted molar refractivity (Wildman–Crippen MR) is 71.1 cm³/mol. The first-order valence-corrected chi connectivity index (χ1v) is 7.91. The lowest BCUT2D eigenvalue weighted by Gasteiger charge is -2.33. The lowest BCUT2D eigenvalue weighted by Crippen LogP contribution is -2.41. The van der Waals surface area contributed by atoms with Crippen molar-refractivity contribution in [3.63, 3.8) is 0 Å². The van der Waals surface area contributed by atoms with Crippen molar-refractivity contribution in [3.05, 3.63) is 0 Å². The molecule has 2 rings (SSSR count). The maximum absolute atomic E-state index is 12.2. The third-order valence-corrected chi connectivity index (χ3v) is 4.98. The molecule has 2 heterocycles. The molecule has 17 heavy (non-hydrogen) atoms. The summed E-state index contributed by atoms with van der Waals surface area (Å²) in [6.45, 7) is 1.90. The fourth-order valence-electron chi connectivity index (χ4n) is 2.77. The fourth-order valence-corrected chi connectivity index (χ4v) is 3.97. The summed E-state index contributed by atoms with van der Waals surface area (Å²) >= 11 is 2.01. The topological polar surface area (TPSA) is 40.5 Å². The smallest absolute Gasteiger partial charge is 0.222 e. The second kappa shape index (κ2) is 6.64. The molecule has 0 radical (unpaired) electrons. The van der Waals surface area contributed by atoms with Gasteiger partial charge in [0.1, 0.15) is 0 Å². The highest BCUT2D eigenvalue weighted by atomic mass is 32.2. The van der Waals surface area contributed by atoms with Gasteiger partial charge in [-0.25, -0.2) is 0 Å². The lowest BCUT2D eigenvalue weighted by molar-refractivity contribution is -0.134. The van der Waals surface area contributed by atoms with Gasteiger partial charge in [0.05, 0.1) is 0 Å². The molecule has 0 aromatic rings. The van der Waals surface area contributed by atoms with E-state index in [0.717, 1.165) is 32.4 Å². The van der Waals surface area contributed by atoms with Crippen LogP contribution in [-0.4, -0.2) is 47.1 Å². The lowest BCUT2D eigenvalue weighted by atomic mass is 9.95. The predicted octanol–water partition coefficient (Wildman–Crippen LogP) is 1.75. The second-order valence-electron chi connectivity index (χ2n) is 5.29. The summed E-state index contributed by atoms with van der Waals surface area (Å²) in [6.07, 6.45) is 5.26. The molecule has 0 aromatic carbocycles. The third kappa shape index (κ3) is 3.88. The number of hydrogen-bond donors (Lipinski definition) is 1. The number of hydrogen-bond acceptors (Lipinski definition) is 3. The Labute approximate surface area is 108 Å². The Morgan fingerprint density at radius 1 is 1.24 bits per heavy atom. The molecule has 98 valence electrons. The quantitative estimate of drug-likeness (QED) is 0.837. The van der Waals surface area contributed by atoms with Crippen LogP contribution >= 0.6 is 11.8 Å². The third-order valence-electron chi connectivity index (χ3n) is 3.93. The highest BCUT2D eigenvalue weighted by molar-refractivity contribution is 7.99. The van der Waals surface area contributed by atoms with Crippen LogP contribution in [0.4, 0.5) is 0 Å². The van der Waals surface area contributed by atoms with Gasteiger partial charge in [-0.1, -0.05) is 0 Å². The minimum Gasteiger partial charge on any atom is -0.396 e. The van der Waals surface area contributed by atoms with Gasteiger partial charge in [0.15, 0.2) is 0 Å². The Bertz CT molecular complexity index is 254. The summed E-state index contributed by atoms with van der Waals surface area (Å²) < 4.78 is 0. The average Bonchev–Trinajstić information content (AvgIpc) is 2.40. The van der Waals surface area contributed by atoms with Crippen molar-refractivity contribution in [1.29, 1.82) is 0 Å². The number of nitrogens with zero attached hydrogens (tertiary/aromatic N) is 1. The van der Waals surface area contributed by atoms with Crippen molar-refractivity contribution < 1.29 is 9.90 Å². The van der Waals surface area contributed by atoms with E-state index in [1.807, 2.05) is 16.7 Å². The molecular weight excluding hydrogens is 234 g/mol. The highest BCUT2D eigenvalue weighted by Crippen LogP contribution is 2.26. The van der Waals surface area contributed by atoms with Crippen molar-refractivity contribution >= 4 is 17.7 Å². The number of piperidine rings is 1. The first-order chi connectivity index (χ1) is 8.29. The molecule has 1 atom stereocenters. The first-order valence-electron chi connectivity index (χ1n) is 6.76. The van der Waals surface area contributed by atoms with Crippen LogP contribution in [0.25, 0.3) is 0 Å². The molecule has 2 saturated heterocycles. The average molecular weight is 257 g/mol. The molecule has 0 bridgehead atoms. The van der Waals surface area contributed by atoms with E-state index < -0.39 is 0 Å². The minimum atomic E-state index is 0.226. The molecule has 0 spiro atoms. The standard InChI is InChI=1S/C13H23NO2S/c15-10-12-2-1-5-14(9-12)13(16)8-11-3-6-17-7-4-11/h11-12,15H,1-10H2. The molecule has 1 N–H and O–H groups in total. The Balaban J connectivity index is 1.78. The van der Waals surface area contributed by atoms with Crippen LogP contribution in [0.5, 0.6) is 0 Å². The zero-order valence-corrected chi connectivity index (χ0v) is 11.3. The van der Waals surface area contributed by atoms with E-state index in [1.165, 1.54) is 24.3 Å². The van der Waals surface area contributed by atoms with Gasteiger partial charge in [0.25, 0.3) is 0 Å². The van der Waals surface area contributed by atoms with Crippen LogP contribution in [0, 0.1) is 11.8 Å². The van der Waals surface area contributed by atoms with Gasteiger partial charge in [-0.3, -0.25) is 4.79 Å². The number of aliphatic hydroxyl groups is 1. The molecule has 4 heteroatoms. The molecule has 2 fully saturated rings. The summed E-state index contributed by atoms with van der Waals surface area (Å²) in [5.74, 6) is 3.68. The molecule has 0 aliphatic carbocycles. The Kier molecular flexibility index (Phi) is 5.16. The number of amides is 1. The molecular formula is C13H23NO2S. The van der Waals surface area contributed by atoms with Gasteiger partial charge in [-0.2, -0.15) is 11.8 Å². The number of rotatable bonds is 3. The highest BCUT2D eigenvalue weighted by Gasteiger charge is 2.25. The van der Waals surface area contributed by atoms with E-state index in [-0.39, 0.29) is 6.61 Å². The number of thioether (sulfide) groups is 1. The summed E-state index contributed by atoms with van der Waals surface area (Å²) in [7, 11) is 0. The van der Waals surface area contributed by atoms with Crippen molar-refractivity contribution in [2.75, 3.05) is 31.2 Å². The fraction of sp³-hybridized carbons (Fsp3) is 0.923. The van der Waals surface area contributed by atoms with Crippen molar-refractivity contribution in [1.82, 2.24) is 4.90 Å². The van der Waals surface area contributed by atoms with E-state index in [1.54, 1.807) is 0 Å². The van der Waals surface area contributed by atoms with Gasteiger partial charge < -0.3 is 10.0 Å². The summed E-state index contributed by atoms with van der Waals surface area (Å²) in [4.78, 5) is 14.1. The van der Waals surface area contributed by atoms with E-state index >= 15 is 0 Å². The summed E-state index contributed by atoms with van der Waals surface area (Å²) in [6, 6.07) is 0. The van der Waals surface area contributed by atoms with Gasteiger partial charge in [-0.05, 0) is 49.0 Å². The number of carbonyl (C=O) groups excluding carboxylic acids is 1. The molecule has 1 unspecified atom stereocenters. The van der Waals surface area contributed by atoms with Gasteiger partial charge >= 0.3 is 0 Å². The first kappa shape index (κ1) is 13.2. The normalized spacial score (nSPS) is 27.1. The van der Waals surface area contributed by atoms with Crippen LogP contribution in [0.2, 0.25) is 0 Å². The largest absolute Gasteiger partial charge is 0.396 e. The van der Waals surface area contributed by atoms with Crippen LogP contribution < -0.4 is 0 Å². The van der Waals surface area contributed by atoms with E-state index in [0.29, 0.717) is 17.7 Å². The van der Waals surface area contributed by atoms with Crippen LogP contribution in [0.3, 0.4) is 0 Å². The Morgan fingerprint density at radius 3 is 2.71 bits per heavy atom. The number of carbonyl (C=O) groups is 1. The molecule has 0 saturated carbocycles. The monoisotopic (exact) mass is 257 g/mol. The molecule has 1 amide bonds. The zero-order chi connectivity index (χ0) is 12.1. The van der Waals surface area contributed by atoms with E-state index in [2.05, 4.69) is 0 Å². The molecule has 3 nitrogen and oxygen atoms in total. The van der Waals surface area contributed by atoms with E-state index in [4.69, 9.17) is 0 Å². The van der Waals surface area contributed by atoms with E-state index in [9.17, 15) is 9.90 Å². The summed E-state index contributed by atoms with van der Waals surface area (Å²) in [5.41, 5.74) is 0. The minimum absolute atomic E-state index is 0.226. The zero-order valence-electron chi connectivity index (χ0n) is 10.4. The maximum atomic E-state index is 12.2. The Morgan fingerprint density at radius 2 is 2.00 bits per heavy atom. The van der Waals surface area contributed by atoms with Crippen LogP contribution in [-0.2, 0) is 4.79 Å². The van der Waals surface area contributed by atoms with Crippen LogP contribution in [0.1, 0.15) is 32.1 Å². The number of aliphatic hydroxyl groups excluding tert-OH is 1. The van der Waals surface area contributed by atoms with Crippen molar-refractivity contribution in [3.8, 4) is 0 Å². The van der Waals surface area contributed by atoms with Crippen LogP contribution in [0.15, 0.2) is 0 Å². The van der Waals surface area contributed by atoms with Gasteiger partial charge in [0, 0.05) is 26.1 Å². The number of likely N-dealkylation sites (tertiary alicyclic amines) is 1. The van der Waals surface area contributed by atoms with Gasteiger partial charge in [-0.15, -0.1) is 0 Å². The molecule has 2 aliphatic rings. The van der Waals surface area contributed by atoms with Crippen molar-refractivity contribution in [2.24, 2.45) is 11.8 Å². The molecule has 2 aliphatic heterocycles. The van der Waals surface area contributed by atoms with Gasteiger partial charge in [0.2, 0.25) is 5.91 Å². The van der Waals surface area contributed by atoms with Crippen molar-refractivity contribution in [2.45, 2.75) is 32.1 Å².